The Labute approximate surface area is 125 Å². The zero-order chi connectivity index (χ0) is 15.4. The van der Waals surface area contributed by atoms with E-state index in [4.69, 9.17) is 10.8 Å². The minimum absolute atomic E-state index is 0.0119. The lowest BCUT2D eigenvalue weighted by molar-refractivity contribution is -0.136. The van der Waals surface area contributed by atoms with Gasteiger partial charge in [-0.3, -0.25) is 4.79 Å². The molecule has 2 aromatic rings. The predicted molar refractivity (Wildman–Crippen MR) is 79.7 cm³/mol. The van der Waals surface area contributed by atoms with Gasteiger partial charge in [0, 0.05) is 15.5 Å². The van der Waals surface area contributed by atoms with Crippen LogP contribution in [0.5, 0.6) is 0 Å². The van der Waals surface area contributed by atoms with Gasteiger partial charge in [0.15, 0.2) is 0 Å². The first-order valence-corrected chi connectivity index (χ1v) is 6.89. The molecule has 2 rings (SSSR count). The monoisotopic (exact) mass is 303 g/mol. The smallest absolute Gasteiger partial charge is 0.336 e. The minimum Gasteiger partial charge on any atom is -0.481 e. The molecule has 0 aliphatic heterocycles. The third kappa shape index (κ3) is 4.00. The van der Waals surface area contributed by atoms with Crippen molar-refractivity contribution in [3.8, 4) is 0 Å². The van der Waals surface area contributed by atoms with Gasteiger partial charge in [0.05, 0.1) is 12.0 Å². The van der Waals surface area contributed by atoms with Crippen molar-refractivity contribution >= 4 is 29.4 Å². The standard InChI is InChI=1S/C15H13NO4S/c16-10-2-5-11(6-3-10)21-12-4-1-9(7-14(17)18)13(8-12)15(19)20/h1-6,8H,7,16H2,(H,17,18)(H,19,20). The van der Waals surface area contributed by atoms with Gasteiger partial charge in [-0.1, -0.05) is 17.8 Å². The van der Waals surface area contributed by atoms with Crippen molar-refractivity contribution in [3.05, 3.63) is 53.6 Å². The Bertz CT molecular complexity index is 683. The largest absolute Gasteiger partial charge is 0.481 e. The molecule has 0 atom stereocenters. The molecule has 0 aromatic heterocycles. The maximum Gasteiger partial charge on any atom is 0.336 e. The van der Waals surface area contributed by atoms with Crippen molar-refractivity contribution in [2.45, 2.75) is 16.2 Å². The van der Waals surface area contributed by atoms with Gasteiger partial charge in [0.2, 0.25) is 0 Å². The highest BCUT2D eigenvalue weighted by molar-refractivity contribution is 7.99. The van der Waals surface area contributed by atoms with Gasteiger partial charge in [-0.2, -0.15) is 0 Å². The lowest BCUT2D eigenvalue weighted by Crippen LogP contribution is -2.07. The van der Waals surface area contributed by atoms with E-state index < -0.39 is 11.9 Å². The molecule has 0 radical (unpaired) electrons. The summed E-state index contributed by atoms with van der Waals surface area (Å²) in [6.07, 6.45) is -0.311. The van der Waals surface area contributed by atoms with E-state index in [-0.39, 0.29) is 17.5 Å². The second-order valence-corrected chi connectivity index (χ2v) is 5.51. The van der Waals surface area contributed by atoms with E-state index in [9.17, 15) is 14.7 Å². The maximum absolute atomic E-state index is 11.2. The fourth-order valence-corrected chi connectivity index (χ4v) is 2.66. The van der Waals surface area contributed by atoms with Crippen LogP contribution in [0.4, 0.5) is 5.69 Å². The quantitative estimate of drug-likeness (QED) is 0.734. The van der Waals surface area contributed by atoms with E-state index in [0.29, 0.717) is 5.69 Å². The number of nitrogen functional groups attached to an aromatic ring is 1. The normalized spacial score (nSPS) is 10.3. The summed E-state index contributed by atoms with van der Waals surface area (Å²) >= 11 is 1.39. The fraction of sp³-hybridized carbons (Fsp3) is 0.0667. The van der Waals surface area contributed by atoms with Crippen molar-refractivity contribution < 1.29 is 19.8 Å². The summed E-state index contributed by atoms with van der Waals surface area (Å²) in [5.41, 5.74) is 6.56. The topological polar surface area (TPSA) is 101 Å². The molecule has 0 aliphatic rings. The van der Waals surface area contributed by atoms with Gasteiger partial charge in [-0.15, -0.1) is 0 Å². The van der Waals surface area contributed by atoms with Crippen LogP contribution in [0.2, 0.25) is 0 Å². The summed E-state index contributed by atoms with van der Waals surface area (Å²) in [5.74, 6) is -2.19. The number of aliphatic carboxylic acids is 1. The minimum atomic E-state index is -1.13. The van der Waals surface area contributed by atoms with E-state index >= 15 is 0 Å². The van der Waals surface area contributed by atoms with Crippen LogP contribution < -0.4 is 5.73 Å². The Hall–Kier alpha value is -2.47. The highest BCUT2D eigenvalue weighted by Gasteiger charge is 2.14. The zero-order valence-electron chi connectivity index (χ0n) is 10.9. The average molecular weight is 303 g/mol. The summed E-state index contributed by atoms with van der Waals surface area (Å²) in [7, 11) is 0. The van der Waals surface area contributed by atoms with Gasteiger partial charge in [0.25, 0.3) is 0 Å². The molecule has 0 unspecified atom stereocenters. The molecule has 5 nitrogen and oxygen atoms in total. The first-order chi connectivity index (χ1) is 9.95. The van der Waals surface area contributed by atoms with Gasteiger partial charge >= 0.3 is 11.9 Å². The fourth-order valence-electron chi connectivity index (χ4n) is 1.81. The van der Waals surface area contributed by atoms with Crippen LogP contribution in [0.25, 0.3) is 0 Å². The SMILES string of the molecule is Nc1ccc(Sc2ccc(CC(=O)O)c(C(=O)O)c2)cc1. The number of aromatic carboxylic acids is 1. The van der Waals surface area contributed by atoms with Crippen LogP contribution in [0, 0.1) is 0 Å². The van der Waals surface area contributed by atoms with Gasteiger partial charge in [-0.25, -0.2) is 4.79 Å². The third-order valence-electron chi connectivity index (χ3n) is 2.77. The summed E-state index contributed by atoms with van der Waals surface area (Å²) in [6.45, 7) is 0. The molecule has 0 bridgehead atoms. The number of rotatable bonds is 5. The lowest BCUT2D eigenvalue weighted by atomic mass is 10.1. The zero-order valence-corrected chi connectivity index (χ0v) is 11.8. The molecule has 0 amide bonds. The molecule has 0 heterocycles. The Kier molecular flexibility index (Phi) is 4.49. The summed E-state index contributed by atoms with van der Waals surface area (Å²) in [6, 6.07) is 11.9. The van der Waals surface area contributed by atoms with Crippen LogP contribution in [0.3, 0.4) is 0 Å². The van der Waals surface area contributed by atoms with E-state index in [0.717, 1.165) is 9.79 Å². The van der Waals surface area contributed by atoms with Crippen molar-refractivity contribution in [2.24, 2.45) is 0 Å². The number of carboxylic acids is 2. The molecule has 0 saturated heterocycles. The molecular formula is C15H13NO4S. The number of carbonyl (C=O) groups is 2. The molecule has 2 aromatic carbocycles. The van der Waals surface area contributed by atoms with Gasteiger partial charge < -0.3 is 15.9 Å². The second kappa shape index (κ2) is 6.32. The van der Waals surface area contributed by atoms with E-state index in [1.54, 1.807) is 18.2 Å². The van der Waals surface area contributed by atoms with Gasteiger partial charge in [-0.05, 0) is 42.0 Å². The van der Waals surface area contributed by atoms with Crippen LogP contribution in [-0.4, -0.2) is 22.2 Å². The predicted octanol–water partition coefficient (Wildman–Crippen LogP) is 2.75. The average Bonchev–Trinajstić information content (AvgIpc) is 2.42. The van der Waals surface area contributed by atoms with Crippen molar-refractivity contribution in [1.29, 1.82) is 0 Å². The van der Waals surface area contributed by atoms with E-state index in [2.05, 4.69) is 0 Å². The summed E-state index contributed by atoms with van der Waals surface area (Å²) < 4.78 is 0. The Balaban J connectivity index is 2.29. The molecule has 4 N–H and O–H groups in total. The molecule has 0 aliphatic carbocycles. The summed E-state index contributed by atoms with van der Waals surface area (Å²) in [5, 5.41) is 18.0. The number of carboxylic acid groups (broad SMARTS) is 2. The summed E-state index contributed by atoms with van der Waals surface area (Å²) in [4.78, 5) is 23.6. The molecule has 21 heavy (non-hydrogen) atoms. The van der Waals surface area contributed by atoms with Crippen molar-refractivity contribution in [2.75, 3.05) is 5.73 Å². The Morgan fingerprint density at radius 2 is 1.62 bits per heavy atom. The Morgan fingerprint density at radius 3 is 2.19 bits per heavy atom. The first kappa shape index (κ1) is 14.9. The molecular weight excluding hydrogens is 290 g/mol. The van der Waals surface area contributed by atoms with Crippen molar-refractivity contribution in [3.63, 3.8) is 0 Å². The van der Waals surface area contributed by atoms with E-state index in [1.807, 2.05) is 12.1 Å². The van der Waals surface area contributed by atoms with E-state index in [1.165, 1.54) is 23.9 Å². The highest BCUT2D eigenvalue weighted by atomic mass is 32.2. The molecule has 0 saturated carbocycles. The number of hydrogen-bond acceptors (Lipinski definition) is 4. The molecule has 108 valence electrons. The molecule has 0 fully saturated rings. The molecule has 0 spiro atoms. The van der Waals surface area contributed by atoms with Gasteiger partial charge in [0.1, 0.15) is 0 Å². The van der Waals surface area contributed by atoms with Crippen molar-refractivity contribution in [1.82, 2.24) is 0 Å². The first-order valence-electron chi connectivity index (χ1n) is 6.07. The van der Waals surface area contributed by atoms with Crippen LogP contribution in [0.15, 0.2) is 52.3 Å². The number of hydrogen-bond donors (Lipinski definition) is 3. The second-order valence-electron chi connectivity index (χ2n) is 4.37. The molecule has 6 heteroatoms. The third-order valence-corrected chi connectivity index (χ3v) is 3.77. The van der Waals surface area contributed by atoms with Crippen LogP contribution >= 0.6 is 11.8 Å². The highest BCUT2D eigenvalue weighted by Crippen LogP contribution is 2.30. The van der Waals surface area contributed by atoms with Crippen LogP contribution in [0.1, 0.15) is 15.9 Å². The number of anilines is 1. The lowest BCUT2D eigenvalue weighted by Gasteiger charge is -2.07. The Morgan fingerprint density at radius 1 is 1.00 bits per heavy atom. The van der Waals surface area contributed by atoms with Crippen LogP contribution in [-0.2, 0) is 11.2 Å². The number of nitrogens with two attached hydrogens (primary N) is 1. The maximum atomic E-state index is 11.2. The number of benzene rings is 2.